The maximum atomic E-state index is 15.4. The predicted molar refractivity (Wildman–Crippen MR) is 216 cm³/mol. The monoisotopic (exact) mass is 978 g/mol. The summed E-state index contributed by atoms with van der Waals surface area (Å²) in [7, 11) is -11.8. The van der Waals surface area contributed by atoms with E-state index < -0.39 is 120 Å². The molecule has 1 N–H and O–H groups in total. The predicted octanol–water partition coefficient (Wildman–Crippen LogP) is 11.1. The maximum Gasteiger partial charge on any atom is 0.294 e. The van der Waals surface area contributed by atoms with Crippen molar-refractivity contribution in [1.29, 1.82) is 0 Å². The molecule has 11 nitrogen and oxygen atoms in total. The van der Waals surface area contributed by atoms with Crippen LogP contribution >= 0.6 is 0 Å². The highest BCUT2D eigenvalue weighted by atomic mass is 32.2. The number of halogens is 8. The first-order valence-electron chi connectivity index (χ1n) is 18.3. The third-order valence-electron chi connectivity index (χ3n) is 9.58. The lowest BCUT2D eigenvalue weighted by atomic mass is 10.0. The van der Waals surface area contributed by atoms with Crippen molar-refractivity contribution >= 4 is 29.8 Å². The molecule has 0 atom stereocenters. The van der Waals surface area contributed by atoms with Gasteiger partial charge >= 0.3 is 0 Å². The first-order valence-corrected chi connectivity index (χ1v) is 22.7. The second kappa shape index (κ2) is 17.8. The number of hydrogen-bond donors (Lipinski definition) is 1. The molecule has 7 rings (SSSR count). The molecule has 22 heteroatoms. The molecule has 0 amide bonds. The molecule has 0 fully saturated rings. The third-order valence-corrected chi connectivity index (χ3v) is 14.1. The molecule has 0 saturated carbocycles. The first kappa shape index (κ1) is 47.0. The van der Waals surface area contributed by atoms with Crippen LogP contribution in [0.15, 0.2) is 140 Å². The topological polar surface area (TPSA) is 160 Å². The lowest BCUT2D eigenvalue weighted by Gasteiger charge is -2.16. The van der Waals surface area contributed by atoms with E-state index in [1.54, 1.807) is 0 Å². The van der Waals surface area contributed by atoms with Gasteiger partial charge in [-0.15, -0.1) is 0 Å². The van der Waals surface area contributed by atoms with Gasteiger partial charge in [0.15, 0.2) is 23.3 Å². The zero-order valence-electron chi connectivity index (χ0n) is 33.2. The Kier molecular flexibility index (Phi) is 12.6. The van der Waals surface area contributed by atoms with Gasteiger partial charge in [0.2, 0.25) is 54.4 Å². The summed E-state index contributed by atoms with van der Waals surface area (Å²) in [5, 5.41) is 0. The Morgan fingerprint density at radius 1 is 0.394 bits per heavy atom. The lowest BCUT2D eigenvalue weighted by molar-refractivity contribution is 0.360. The summed E-state index contributed by atoms with van der Waals surface area (Å²) in [5.41, 5.74) is -4.27. The fourth-order valence-electron chi connectivity index (χ4n) is 6.22. The fourth-order valence-corrected chi connectivity index (χ4v) is 9.59. The van der Waals surface area contributed by atoms with E-state index in [4.69, 9.17) is 18.9 Å². The zero-order chi connectivity index (χ0) is 48.0. The summed E-state index contributed by atoms with van der Waals surface area (Å²) in [4.78, 5) is -1.81. The molecule has 0 saturated heterocycles. The molecule has 0 bridgehead atoms. The minimum atomic E-state index is -4.73. The molecule has 0 aliphatic carbocycles. The first-order chi connectivity index (χ1) is 31.0. The Morgan fingerprint density at radius 2 is 0.682 bits per heavy atom. The fraction of sp³-hybridized carbons (Fsp3) is 0.0455. The van der Waals surface area contributed by atoms with Crippen LogP contribution in [0.5, 0.6) is 40.2 Å². The molecule has 0 spiro atoms. The molecule has 342 valence electrons. The van der Waals surface area contributed by atoms with Crippen LogP contribution in [-0.4, -0.2) is 36.9 Å². The molecular weight excluding hydrogens is 953 g/mol. The molecule has 0 heterocycles. The van der Waals surface area contributed by atoms with Gasteiger partial charge in [-0.05, 0) is 122 Å². The smallest absolute Gasteiger partial charge is 0.294 e. The van der Waals surface area contributed by atoms with Gasteiger partial charge < -0.3 is 18.9 Å². The quantitative estimate of drug-likeness (QED) is 0.0665. The van der Waals surface area contributed by atoms with Crippen LogP contribution in [0.25, 0.3) is 11.1 Å². The average molecular weight is 979 g/mol. The van der Waals surface area contributed by atoms with Gasteiger partial charge in [0.25, 0.3) is 10.1 Å². The molecule has 66 heavy (non-hydrogen) atoms. The van der Waals surface area contributed by atoms with E-state index in [1.165, 1.54) is 56.5 Å². The van der Waals surface area contributed by atoms with Crippen LogP contribution in [0.1, 0.15) is 5.56 Å². The zero-order valence-corrected chi connectivity index (χ0v) is 35.7. The van der Waals surface area contributed by atoms with Crippen LogP contribution in [0.2, 0.25) is 0 Å². The highest BCUT2D eigenvalue weighted by Crippen LogP contribution is 2.44. The standard InChI is InChI=1S/C44H26F8O11S3/c1-22-3-14-31(21-32(22)66(57,58)59)65(55,56)30-17-10-25(11-18-30)61-24-4-6-26(7-5-24)62-43-39(49)35(45)33(36(46)40(43)50)34-37(47)41(51)44(42(52)38(34)48)63-27-12-19-29(20-13-27)64(53,54)28-15-8-23(60-2)9-16-28/h3-21H,1-2H3,(H,57,58,59). The second-order valence-electron chi connectivity index (χ2n) is 13.7. The maximum absolute atomic E-state index is 15.4. The van der Waals surface area contributed by atoms with Gasteiger partial charge in [-0.25, -0.2) is 34.4 Å². The second-order valence-corrected chi connectivity index (χ2v) is 19.0. The van der Waals surface area contributed by atoms with Crippen LogP contribution in [0.4, 0.5) is 35.1 Å². The minimum absolute atomic E-state index is 0.0000504. The third kappa shape index (κ3) is 8.86. The van der Waals surface area contributed by atoms with E-state index in [9.17, 15) is 29.8 Å². The van der Waals surface area contributed by atoms with Crippen molar-refractivity contribution in [3.05, 3.63) is 167 Å². The van der Waals surface area contributed by atoms with Gasteiger partial charge in [-0.2, -0.15) is 26.0 Å². The molecule has 7 aromatic carbocycles. The van der Waals surface area contributed by atoms with Crippen molar-refractivity contribution in [2.24, 2.45) is 0 Å². The number of benzene rings is 7. The van der Waals surface area contributed by atoms with Crippen molar-refractivity contribution in [3.8, 4) is 51.4 Å². The summed E-state index contributed by atoms with van der Waals surface area (Å²) in [6.45, 7) is 1.35. The lowest BCUT2D eigenvalue weighted by Crippen LogP contribution is -2.09. The van der Waals surface area contributed by atoms with E-state index in [-0.39, 0.29) is 31.7 Å². The number of hydrogen-bond acceptors (Lipinski definition) is 10. The number of methoxy groups -OCH3 is 1. The molecular formula is C44H26F8O11S3. The van der Waals surface area contributed by atoms with Gasteiger partial charge in [-0.3, -0.25) is 4.55 Å². The van der Waals surface area contributed by atoms with Crippen molar-refractivity contribution < 1.29 is 83.9 Å². The van der Waals surface area contributed by atoms with E-state index >= 15 is 35.1 Å². The normalized spacial score (nSPS) is 11.9. The van der Waals surface area contributed by atoms with Crippen molar-refractivity contribution in [1.82, 2.24) is 0 Å². The van der Waals surface area contributed by atoms with E-state index in [0.29, 0.717) is 5.75 Å². The number of ether oxygens (including phenoxy) is 4. The Bertz CT molecular complexity index is 3330. The van der Waals surface area contributed by atoms with Crippen molar-refractivity contribution in [2.75, 3.05) is 7.11 Å². The molecule has 0 radical (unpaired) electrons. The summed E-state index contributed by atoms with van der Waals surface area (Å²) in [6, 6.07) is 21.0. The van der Waals surface area contributed by atoms with Crippen LogP contribution in [-0.2, 0) is 29.8 Å². The molecule has 0 aliphatic heterocycles. The SMILES string of the molecule is COc1ccc(S(=O)(=O)c2ccc(Oc3c(F)c(F)c(-c4c(F)c(F)c(Oc5ccc(Oc6ccc(S(=O)(=O)c7ccc(C)c(S(=O)(=O)O)c7)cc6)cc5)c(F)c4F)c(F)c3F)cc2)cc1. The number of aryl methyl sites for hydroxylation is 1. The Hall–Kier alpha value is -7.01. The number of rotatable bonds is 13. The van der Waals surface area contributed by atoms with Crippen LogP contribution in [0.3, 0.4) is 0 Å². The van der Waals surface area contributed by atoms with E-state index in [2.05, 4.69) is 0 Å². The summed E-state index contributed by atoms with van der Waals surface area (Å²) < 4.78 is 228. The van der Waals surface area contributed by atoms with Gasteiger partial charge in [-0.1, -0.05) is 6.07 Å². The Labute approximate surface area is 369 Å². The molecule has 0 unspecified atom stereocenters. The highest BCUT2D eigenvalue weighted by molar-refractivity contribution is 7.92. The van der Waals surface area contributed by atoms with Gasteiger partial charge in [0.05, 0.1) is 42.7 Å². The van der Waals surface area contributed by atoms with Gasteiger partial charge in [0, 0.05) is 0 Å². The molecule has 0 aromatic heterocycles. The van der Waals surface area contributed by atoms with Crippen LogP contribution in [0, 0.1) is 53.5 Å². The summed E-state index contributed by atoms with van der Waals surface area (Å²) >= 11 is 0. The van der Waals surface area contributed by atoms with Crippen LogP contribution < -0.4 is 18.9 Å². The van der Waals surface area contributed by atoms with Gasteiger partial charge in [0.1, 0.15) is 28.7 Å². The molecule has 0 aliphatic rings. The largest absolute Gasteiger partial charge is 0.497 e. The van der Waals surface area contributed by atoms with E-state index in [1.807, 2.05) is 0 Å². The molecule has 7 aromatic rings. The van der Waals surface area contributed by atoms with Crippen molar-refractivity contribution in [2.45, 2.75) is 31.4 Å². The van der Waals surface area contributed by atoms with Crippen molar-refractivity contribution in [3.63, 3.8) is 0 Å². The highest BCUT2D eigenvalue weighted by Gasteiger charge is 2.36. The summed E-state index contributed by atoms with van der Waals surface area (Å²) in [6.07, 6.45) is 0. The summed E-state index contributed by atoms with van der Waals surface area (Å²) in [5.74, 6) is -23.8. The Balaban J connectivity index is 1.08. The van der Waals surface area contributed by atoms with E-state index in [0.717, 1.165) is 72.8 Å². The Morgan fingerprint density at radius 3 is 1.02 bits per heavy atom. The minimum Gasteiger partial charge on any atom is -0.497 e. The number of sulfone groups is 2. The average Bonchev–Trinajstić information content (AvgIpc) is 3.29.